The Morgan fingerprint density at radius 3 is 2.71 bits per heavy atom. The maximum absolute atomic E-state index is 5.27. The van der Waals surface area contributed by atoms with Crippen LogP contribution in [0.15, 0.2) is 28.7 Å². The zero-order chi connectivity index (χ0) is 15.4. The SMILES string of the molecule is CCc1nn(C)c(CN(C)Cc2cccc(OC)c2)c1Br. The normalized spacial score (nSPS) is 11.1. The van der Waals surface area contributed by atoms with Gasteiger partial charge >= 0.3 is 0 Å². The second-order valence-electron chi connectivity index (χ2n) is 5.21. The van der Waals surface area contributed by atoms with Gasteiger partial charge in [0.2, 0.25) is 0 Å². The van der Waals surface area contributed by atoms with Crippen LogP contribution in [0.2, 0.25) is 0 Å². The minimum atomic E-state index is 0.849. The van der Waals surface area contributed by atoms with Crippen LogP contribution in [0.4, 0.5) is 0 Å². The molecule has 0 aliphatic carbocycles. The van der Waals surface area contributed by atoms with Crippen LogP contribution >= 0.6 is 15.9 Å². The summed E-state index contributed by atoms with van der Waals surface area (Å²) in [6.07, 6.45) is 0.939. The highest BCUT2D eigenvalue weighted by molar-refractivity contribution is 9.10. The van der Waals surface area contributed by atoms with Crippen molar-refractivity contribution in [2.24, 2.45) is 7.05 Å². The first-order chi connectivity index (χ1) is 10.0. The molecule has 2 rings (SSSR count). The lowest BCUT2D eigenvalue weighted by Crippen LogP contribution is -2.19. The third-order valence-corrected chi connectivity index (χ3v) is 4.42. The Morgan fingerprint density at radius 1 is 1.33 bits per heavy atom. The molecule has 21 heavy (non-hydrogen) atoms. The van der Waals surface area contributed by atoms with Crippen molar-refractivity contribution in [2.45, 2.75) is 26.4 Å². The molecule has 1 aromatic carbocycles. The summed E-state index contributed by atoms with van der Waals surface area (Å²) >= 11 is 3.67. The predicted octanol–water partition coefficient (Wildman–Crippen LogP) is 3.39. The van der Waals surface area contributed by atoms with Gasteiger partial charge in [-0.05, 0) is 47.1 Å². The highest BCUT2D eigenvalue weighted by atomic mass is 79.9. The quantitative estimate of drug-likeness (QED) is 0.798. The summed E-state index contributed by atoms with van der Waals surface area (Å²) in [5, 5.41) is 4.54. The number of nitrogens with zero attached hydrogens (tertiary/aromatic N) is 3. The smallest absolute Gasteiger partial charge is 0.119 e. The minimum absolute atomic E-state index is 0.849. The molecule has 0 radical (unpaired) electrons. The van der Waals surface area contributed by atoms with Gasteiger partial charge in [0.1, 0.15) is 5.75 Å². The fourth-order valence-corrected chi connectivity index (χ4v) is 3.13. The van der Waals surface area contributed by atoms with Crippen LogP contribution in [-0.4, -0.2) is 28.8 Å². The molecular weight excluding hydrogens is 330 g/mol. The molecular formula is C16H22BrN3O. The third kappa shape index (κ3) is 3.86. The topological polar surface area (TPSA) is 30.3 Å². The van der Waals surface area contributed by atoms with Gasteiger partial charge in [-0.3, -0.25) is 9.58 Å². The van der Waals surface area contributed by atoms with Crippen LogP contribution in [0, 0.1) is 0 Å². The van der Waals surface area contributed by atoms with Crippen LogP contribution in [0.5, 0.6) is 5.75 Å². The highest BCUT2D eigenvalue weighted by Crippen LogP contribution is 2.23. The summed E-state index contributed by atoms with van der Waals surface area (Å²) < 4.78 is 8.36. The average molecular weight is 352 g/mol. The maximum Gasteiger partial charge on any atom is 0.119 e. The van der Waals surface area contributed by atoms with E-state index in [2.05, 4.69) is 52.0 Å². The van der Waals surface area contributed by atoms with E-state index < -0.39 is 0 Å². The van der Waals surface area contributed by atoms with E-state index in [1.807, 2.05) is 23.9 Å². The Morgan fingerprint density at radius 2 is 2.10 bits per heavy atom. The number of aryl methyl sites for hydroxylation is 2. The summed E-state index contributed by atoms with van der Waals surface area (Å²) in [6, 6.07) is 8.19. The molecule has 0 unspecified atom stereocenters. The second kappa shape index (κ2) is 7.09. The zero-order valence-corrected chi connectivity index (χ0v) is 14.6. The van der Waals surface area contributed by atoms with Crippen LogP contribution in [0.25, 0.3) is 0 Å². The van der Waals surface area contributed by atoms with E-state index in [9.17, 15) is 0 Å². The lowest BCUT2D eigenvalue weighted by molar-refractivity contribution is 0.308. The van der Waals surface area contributed by atoms with Crippen molar-refractivity contribution in [3.8, 4) is 5.75 Å². The maximum atomic E-state index is 5.27. The number of methoxy groups -OCH3 is 1. The van der Waals surface area contributed by atoms with Crippen molar-refractivity contribution in [2.75, 3.05) is 14.2 Å². The van der Waals surface area contributed by atoms with Gasteiger partial charge in [-0.15, -0.1) is 0 Å². The van der Waals surface area contributed by atoms with E-state index in [-0.39, 0.29) is 0 Å². The summed E-state index contributed by atoms with van der Waals surface area (Å²) in [5.41, 5.74) is 3.56. The van der Waals surface area contributed by atoms with Gasteiger partial charge in [-0.1, -0.05) is 19.1 Å². The highest BCUT2D eigenvalue weighted by Gasteiger charge is 2.14. The van der Waals surface area contributed by atoms with E-state index in [0.717, 1.165) is 35.4 Å². The molecule has 1 aromatic heterocycles. The number of rotatable bonds is 6. The fraction of sp³-hybridized carbons (Fsp3) is 0.438. The molecule has 2 aromatic rings. The molecule has 0 aliphatic heterocycles. The Bertz CT molecular complexity index is 610. The second-order valence-corrected chi connectivity index (χ2v) is 6.00. The molecule has 0 bridgehead atoms. The molecule has 0 saturated carbocycles. The molecule has 5 heteroatoms. The lowest BCUT2D eigenvalue weighted by atomic mass is 10.2. The Labute approximate surface area is 134 Å². The Kier molecular flexibility index (Phi) is 5.42. The molecule has 4 nitrogen and oxygen atoms in total. The van der Waals surface area contributed by atoms with Gasteiger partial charge in [0.05, 0.1) is 23.0 Å². The van der Waals surface area contributed by atoms with Gasteiger partial charge in [-0.2, -0.15) is 5.10 Å². The van der Waals surface area contributed by atoms with Crippen LogP contribution < -0.4 is 4.74 Å². The molecule has 0 N–H and O–H groups in total. The van der Waals surface area contributed by atoms with Gasteiger partial charge in [-0.25, -0.2) is 0 Å². The molecule has 0 aliphatic rings. The van der Waals surface area contributed by atoms with Gasteiger partial charge in [0, 0.05) is 20.1 Å². The first kappa shape index (κ1) is 16.0. The Hall–Kier alpha value is -1.33. The lowest BCUT2D eigenvalue weighted by Gasteiger charge is -2.17. The average Bonchev–Trinajstić information content (AvgIpc) is 2.74. The van der Waals surface area contributed by atoms with Gasteiger partial charge in [0.15, 0.2) is 0 Å². The van der Waals surface area contributed by atoms with E-state index in [1.54, 1.807) is 7.11 Å². The zero-order valence-electron chi connectivity index (χ0n) is 13.1. The molecule has 0 saturated heterocycles. The van der Waals surface area contributed by atoms with Crippen molar-refractivity contribution in [1.82, 2.24) is 14.7 Å². The van der Waals surface area contributed by atoms with Gasteiger partial charge in [0.25, 0.3) is 0 Å². The first-order valence-electron chi connectivity index (χ1n) is 7.06. The van der Waals surface area contributed by atoms with Gasteiger partial charge < -0.3 is 4.74 Å². The van der Waals surface area contributed by atoms with E-state index in [1.165, 1.54) is 11.3 Å². The number of benzene rings is 1. The van der Waals surface area contributed by atoms with E-state index in [0.29, 0.717) is 0 Å². The molecule has 1 heterocycles. The van der Waals surface area contributed by atoms with Crippen molar-refractivity contribution in [3.63, 3.8) is 0 Å². The molecule has 0 amide bonds. The van der Waals surface area contributed by atoms with Crippen molar-refractivity contribution in [3.05, 3.63) is 45.7 Å². The third-order valence-electron chi connectivity index (χ3n) is 3.51. The van der Waals surface area contributed by atoms with Crippen LogP contribution in [0.3, 0.4) is 0 Å². The number of aromatic nitrogens is 2. The summed E-state index contributed by atoms with van der Waals surface area (Å²) in [6.45, 7) is 3.84. The molecule has 0 spiro atoms. The predicted molar refractivity (Wildman–Crippen MR) is 88.5 cm³/mol. The van der Waals surface area contributed by atoms with Crippen molar-refractivity contribution < 1.29 is 4.74 Å². The molecule has 0 atom stereocenters. The van der Waals surface area contributed by atoms with Crippen molar-refractivity contribution in [1.29, 1.82) is 0 Å². The summed E-state index contributed by atoms with van der Waals surface area (Å²) in [4.78, 5) is 2.27. The van der Waals surface area contributed by atoms with Crippen LogP contribution in [-0.2, 0) is 26.6 Å². The minimum Gasteiger partial charge on any atom is -0.497 e. The number of hydrogen-bond acceptors (Lipinski definition) is 3. The molecule has 114 valence electrons. The summed E-state index contributed by atoms with van der Waals surface area (Å²) in [5.74, 6) is 0.899. The van der Waals surface area contributed by atoms with Crippen molar-refractivity contribution >= 4 is 15.9 Å². The van der Waals surface area contributed by atoms with Crippen LogP contribution in [0.1, 0.15) is 23.9 Å². The molecule has 0 fully saturated rings. The number of halogens is 1. The number of hydrogen-bond donors (Lipinski definition) is 0. The monoisotopic (exact) mass is 351 g/mol. The fourth-order valence-electron chi connectivity index (χ4n) is 2.39. The largest absolute Gasteiger partial charge is 0.497 e. The van der Waals surface area contributed by atoms with E-state index >= 15 is 0 Å². The Balaban J connectivity index is 2.07. The summed E-state index contributed by atoms with van der Waals surface area (Å²) in [7, 11) is 5.81. The first-order valence-corrected chi connectivity index (χ1v) is 7.86. The standard InChI is InChI=1S/C16H22BrN3O/c1-5-14-16(17)15(20(3)18-14)11-19(2)10-12-7-6-8-13(9-12)21-4/h6-9H,5,10-11H2,1-4H3. The number of ether oxygens (including phenoxy) is 1. The van der Waals surface area contributed by atoms with E-state index in [4.69, 9.17) is 4.74 Å².